The van der Waals surface area contributed by atoms with Gasteiger partial charge in [0.2, 0.25) is 5.95 Å². The number of nitrogens with one attached hydrogen (secondary N) is 3. The third-order valence-corrected chi connectivity index (χ3v) is 5.79. The average Bonchev–Trinajstić information content (AvgIpc) is 3.12. The number of aromatic amines is 1. The number of hydrogen-bond acceptors (Lipinski definition) is 7. The van der Waals surface area contributed by atoms with E-state index in [-0.39, 0.29) is 39.5 Å². The number of methoxy groups -OCH3 is 1. The number of sulfone groups is 1. The van der Waals surface area contributed by atoms with E-state index < -0.39 is 21.6 Å². The molecule has 1 atom stereocenters. The summed E-state index contributed by atoms with van der Waals surface area (Å²) in [5, 5.41) is 5.73. The molecule has 3 N–H and O–H groups in total. The van der Waals surface area contributed by atoms with Crippen molar-refractivity contribution < 1.29 is 26.3 Å². The zero-order valence-corrected chi connectivity index (χ0v) is 18.1. The van der Waals surface area contributed by atoms with Gasteiger partial charge in [0.25, 0.3) is 0 Å². The first-order chi connectivity index (χ1) is 14.4. The third kappa shape index (κ3) is 4.84. The van der Waals surface area contributed by atoms with Gasteiger partial charge in [-0.25, -0.2) is 8.42 Å². The fraction of sp³-hybridized carbons (Fsp3) is 0.368. The van der Waals surface area contributed by atoms with Crippen molar-refractivity contribution in [2.45, 2.75) is 37.4 Å². The molecule has 0 fully saturated rings. The van der Waals surface area contributed by atoms with E-state index in [0.717, 1.165) is 12.5 Å². The SMILES string of the molecule is CC[C@@H](C)Nc1nc(Nc2ccc(S(C)(=O)=O)cc2OC)nc2[nH]cc(C(F)(F)F)c12. The molecule has 168 valence electrons. The van der Waals surface area contributed by atoms with Crippen molar-refractivity contribution in [3.05, 3.63) is 30.0 Å². The highest BCUT2D eigenvalue weighted by molar-refractivity contribution is 7.90. The topological polar surface area (TPSA) is 109 Å². The molecule has 3 aromatic rings. The number of fused-ring (bicyclic) bond motifs is 1. The van der Waals surface area contributed by atoms with Crippen molar-refractivity contribution in [2.24, 2.45) is 0 Å². The predicted molar refractivity (Wildman–Crippen MR) is 112 cm³/mol. The molecule has 1 aromatic carbocycles. The van der Waals surface area contributed by atoms with Gasteiger partial charge in [-0.05, 0) is 25.5 Å². The van der Waals surface area contributed by atoms with Crippen LogP contribution in [0.1, 0.15) is 25.8 Å². The molecule has 8 nitrogen and oxygen atoms in total. The fourth-order valence-corrected chi connectivity index (χ4v) is 3.51. The van der Waals surface area contributed by atoms with Crippen molar-refractivity contribution in [3.8, 4) is 5.75 Å². The number of nitrogens with zero attached hydrogens (tertiary/aromatic N) is 2. The second-order valence-electron chi connectivity index (χ2n) is 7.03. The average molecular weight is 457 g/mol. The molecule has 0 unspecified atom stereocenters. The van der Waals surface area contributed by atoms with Crippen molar-refractivity contribution in [2.75, 3.05) is 24.0 Å². The smallest absolute Gasteiger partial charge is 0.418 e. The lowest BCUT2D eigenvalue weighted by Crippen LogP contribution is -2.16. The highest BCUT2D eigenvalue weighted by Gasteiger charge is 2.35. The monoisotopic (exact) mass is 457 g/mol. The molecule has 0 bridgehead atoms. The normalized spacial score (nSPS) is 13.3. The van der Waals surface area contributed by atoms with Gasteiger partial charge >= 0.3 is 6.18 Å². The van der Waals surface area contributed by atoms with Crippen LogP contribution in [0.4, 0.5) is 30.6 Å². The van der Waals surface area contributed by atoms with Gasteiger partial charge in [0.05, 0.1) is 28.6 Å². The largest absolute Gasteiger partial charge is 0.495 e. The zero-order valence-electron chi connectivity index (χ0n) is 17.3. The highest BCUT2D eigenvalue weighted by atomic mass is 32.2. The molecule has 0 aliphatic rings. The van der Waals surface area contributed by atoms with Crippen LogP contribution in [0.5, 0.6) is 5.75 Å². The van der Waals surface area contributed by atoms with E-state index in [1.165, 1.54) is 25.3 Å². The molecule has 2 heterocycles. The summed E-state index contributed by atoms with van der Waals surface area (Å²) in [6.45, 7) is 3.72. The molecule has 0 saturated carbocycles. The van der Waals surface area contributed by atoms with Crippen molar-refractivity contribution in [3.63, 3.8) is 0 Å². The predicted octanol–water partition coefficient (Wildman–Crippen LogP) is 4.34. The molecule has 31 heavy (non-hydrogen) atoms. The van der Waals surface area contributed by atoms with Gasteiger partial charge in [-0.15, -0.1) is 0 Å². The van der Waals surface area contributed by atoms with Crippen LogP contribution >= 0.6 is 0 Å². The van der Waals surface area contributed by atoms with Crippen molar-refractivity contribution >= 4 is 38.3 Å². The minimum Gasteiger partial charge on any atom is -0.495 e. The quantitative estimate of drug-likeness (QED) is 0.484. The van der Waals surface area contributed by atoms with Crippen LogP contribution in [-0.4, -0.2) is 42.8 Å². The van der Waals surface area contributed by atoms with Gasteiger partial charge in [-0.2, -0.15) is 23.1 Å². The summed E-state index contributed by atoms with van der Waals surface area (Å²) < 4.78 is 69.1. The van der Waals surface area contributed by atoms with Crippen LogP contribution in [0.2, 0.25) is 0 Å². The van der Waals surface area contributed by atoms with E-state index in [0.29, 0.717) is 12.1 Å². The molecular formula is C19H22F3N5O3S. The number of H-pyrrole nitrogens is 1. The second kappa shape index (κ2) is 8.25. The van der Waals surface area contributed by atoms with Gasteiger partial charge in [-0.3, -0.25) is 0 Å². The van der Waals surface area contributed by atoms with Crippen LogP contribution in [0.3, 0.4) is 0 Å². The summed E-state index contributed by atoms with van der Waals surface area (Å²) in [5.74, 6) is 0.256. The summed E-state index contributed by atoms with van der Waals surface area (Å²) in [6, 6.07) is 4.06. The molecule has 0 saturated heterocycles. The number of aromatic nitrogens is 3. The molecule has 0 aliphatic carbocycles. The molecular weight excluding hydrogens is 435 g/mol. The summed E-state index contributed by atoms with van der Waals surface area (Å²) in [6.07, 6.45) is -1.98. The number of anilines is 3. The molecule has 0 amide bonds. The Morgan fingerprint density at radius 3 is 2.55 bits per heavy atom. The summed E-state index contributed by atoms with van der Waals surface area (Å²) >= 11 is 0. The second-order valence-corrected chi connectivity index (χ2v) is 9.05. The number of halogens is 3. The first kappa shape index (κ1) is 22.7. The minimum absolute atomic E-state index is 0.00218. The van der Waals surface area contributed by atoms with Crippen LogP contribution in [0, 0.1) is 0 Å². The molecule has 0 spiro atoms. The number of hydrogen-bond donors (Lipinski definition) is 3. The summed E-state index contributed by atoms with van der Waals surface area (Å²) in [7, 11) is -2.08. The van der Waals surface area contributed by atoms with Crippen LogP contribution < -0.4 is 15.4 Å². The molecule has 2 aromatic heterocycles. The first-order valence-electron chi connectivity index (χ1n) is 9.32. The Kier molecular flexibility index (Phi) is 6.03. The van der Waals surface area contributed by atoms with E-state index in [1.807, 2.05) is 13.8 Å². The lowest BCUT2D eigenvalue weighted by molar-refractivity contribution is -0.136. The Morgan fingerprint density at radius 2 is 1.97 bits per heavy atom. The maximum absolute atomic E-state index is 13.4. The van der Waals surface area contributed by atoms with Crippen LogP contribution in [0.15, 0.2) is 29.3 Å². The van der Waals surface area contributed by atoms with Crippen LogP contribution in [0.25, 0.3) is 11.0 Å². The van der Waals surface area contributed by atoms with Gasteiger partial charge < -0.3 is 20.4 Å². The number of ether oxygens (including phenoxy) is 1. The first-order valence-corrected chi connectivity index (χ1v) is 11.2. The summed E-state index contributed by atoms with van der Waals surface area (Å²) in [4.78, 5) is 11.0. The molecule has 3 rings (SSSR count). The van der Waals surface area contributed by atoms with E-state index in [4.69, 9.17) is 4.74 Å². The van der Waals surface area contributed by atoms with E-state index in [2.05, 4.69) is 25.6 Å². The zero-order chi connectivity index (χ0) is 23.0. The lowest BCUT2D eigenvalue weighted by Gasteiger charge is -2.16. The number of alkyl halides is 3. The Bertz CT molecular complexity index is 1210. The van der Waals surface area contributed by atoms with Gasteiger partial charge in [-0.1, -0.05) is 6.92 Å². The Balaban J connectivity index is 2.09. The fourth-order valence-electron chi connectivity index (χ4n) is 2.88. The number of benzene rings is 1. The van der Waals surface area contributed by atoms with Crippen molar-refractivity contribution in [1.29, 1.82) is 0 Å². The Labute approximate surface area is 177 Å². The summed E-state index contributed by atoms with van der Waals surface area (Å²) in [5.41, 5.74) is -0.511. The molecule has 12 heteroatoms. The van der Waals surface area contributed by atoms with Gasteiger partial charge in [0.15, 0.2) is 9.84 Å². The Morgan fingerprint density at radius 1 is 1.26 bits per heavy atom. The van der Waals surface area contributed by atoms with Crippen molar-refractivity contribution in [1.82, 2.24) is 15.0 Å². The van der Waals surface area contributed by atoms with E-state index in [1.54, 1.807) is 0 Å². The standard InChI is InChI=1S/C19H22F3N5O3S/c1-5-10(2)24-17-15-12(19(20,21)22)9-23-16(15)26-18(27-17)25-13-7-6-11(31(4,28)29)8-14(13)30-3/h6-10H,5H2,1-4H3,(H3,23,24,25,26,27)/t10-/m1/s1. The number of rotatable bonds is 7. The van der Waals surface area contributed by atoms with Crippen LogP contribution in [-0.2, 0) is 16.0 Å². The maximum atomic E-state index is 13.4. The van der Waals surface area contributed by atoms with E-state index >= 15 is 0 Å². The van der Waals surface area contributed by atoms with Gasteiger partial charge in [0.1, 0.15) is 17.2 Å². The Hall–Kier alpha value is -3.02. The highest BCUT2D eigenvalue weighted by Crippen LogP contribution is 2.38. The third-order valence-electron chi connectivity index (χ3n) is 4.68. The minimum atomic E-state index is -4.58. The van der Waals surface area contributed by atoms with E-state index in [9.17, 15) is 21.6 Å². The maximum Gasteiger partial charge on any atom is 0.418 e. The van der Waals surface area contributed by atoms with Gasteiger partial charge in [0, 0.05) is 24.6 Å². The molecule has 0 radical (unpaired) electrons. The lowest BCUT2D eigenvalue weighted by atomic mass is 10.2. The molecule has 0 aliphatic heterocycles.